The van der Waals surface area contributed by atoms with Crippen molar-refractivity contribution in [3.63, 3.8) is 0 Å². The van der Waals surface area contributed by atoms with Crippen LogP contribution in [0.3, 0.4) is 0 Å². The molecule has 1 aromatic rings. The Morgan fingerprint density at radius 2 is 2.11 bits per heavy atom. The first-order valence-corrected chi connectivity index (χ1v) is 7.73. The predicted molar refractivity (Wildman–Crippen MR) is 80.5 cm³/mol. The SMILES string of the molecule is CC(C)N(CC1CC1)C(CN)c1cc(F)ccc1Br. The minimum Gasteiger partial charge on any atom is -0.329 e. The molecule has 0 bridgehead atoms. The van der Waals surface area contributed by atoms with E-state index in [0.717, 1.165) is 22.5 Å². The monoisotopic (exact) mass is 328 g/mol. The Hall–Kier alpha value is -0.450. The number of hydrogen-bond acceptors (Lipinski definition) is 2. The molecule has 2 rings (SSSR count). The van der Waals surface area contributed by atoms with Crippen LogP contribution >= 0.6 is 15.9 Å². The molecule has 0 aliphatic heterocycles. The van der Waals surface area contributed by atoms with E-state index in [4.69, 9.17) is 5.73 Å². The Morgan fingerprint density at radius 1 is 1.42 bits per heavy atom. The molecule has 1 unspecified atom stereocenters. The van der Waals surface area contributed by atoms with Gasteiger partial charge in [0.05, 0.1) is 0 Å². The van der Waals surface area contributed by atoms with E-state index in [0.29, 0.717) is 12.6 Å². The molecule has 1 aliphatic carbocycles. The van der Waals surface area contributed by atoms with E-state index in [1.807, 2.05) is 0 Å². The van der Waals surface area contributed by atoms with E-state index in [2.05, 4.69) is 34.7 Å². The van der Waals surface area contributed by atoms with Crippen LogP contribution in [0.4, 0.5) is 4.39 Å². The van der Waals surface area contributed by atoms with Crippen molar-refractivity contribution in [2.45, 2.75) is 38.8 Å². The molecule has 1 atom stereocenters. The van der Waals surface area contributed by atoms with Crippen LogP contribution in [0.2, 0.25) is 0 Å². The van der Waals surface area contributed by atoms with Gasteiger partial charge in [-0.05, 0) is 56.4 Å². The van der Waals surface area contributed by atoms with Gasteiger partial charge >= 0.3 is 0 Å². The second-order valence-electron chi connectivity index (χ2n) is 5.65. The smallest absolute Gasteiger partial charge is 0.123 e. The van der Waals surface area contributed by atoms with Crippen molar-refractivity contribution in [3.05, 3.63) is 34.1 Å². The van der Waals surface area contributed by atoms with Gasteiger partial charge in [-0.25, -0.2) is 4.39 Å². The van der Waals surface area contributed by atoms with E-state index in [9.17, 15) is 4.39 Å². The summed E-state index contributed by atoms with van der Waals surface area (Å²) in [6.45, 7) is 5.92. The molecule has 2 N–H and O–H groups in total. The zero-order chi connectivity index (χ0) is 14.0. The molecule has 1 fully saturated rings. The van der Waals surface area contributed by atoms with E-state index < -0.39 is 0 Å². The topological polar surface area (TPSA) is 29.3 Å². The lowest BCUT2D eigenvalue weighted by atomic mass is 10.0. The lowest BCUT2D eigenvalue weighted by Crippen LogP contribution is -2.40. The zero-order valence-electron chi connectivity index (χ0n) is 11.6. The summed E-state index contributed by atoms with van der Waals surface area (Å²) in [5.41, 5.74) is 6.93. The van der Waals surface area contributed by atoms with Crippen molar-refractivity contribution in [2.75, 3.05) is 13.1 Å². The summed E-state index contributed by atoms with van der Waals surface area (Å²) in [4.78, 5) is 2.40. The lowest BCUT2D eigenvalue weighted by Gasteiger charge is -2.35. The molecule has 19 heavy (non-hydrogen) atoms. The van der Waals surface area contributed by atoms with Crippen molar-refractivity contribution in [1.29, 1.82) is 0 Å². The second-order valence-corrected chi connectivity index (χ2v) is 6.51. The molecule has 1 aromatic carbocycles. The Bertz CT molecular complexity index is 432. The van der Waals surface area contributed by atoms with Gasteiger partial charge in [-0.3, -0.25) is 4.90 Å². The molecule has 4 heteroatoms. The van der Waals surface area contributed by atoms with E-state index in [1.165, 1.54) is 18.9 Å². The van der Waals surface area contributed by atoms with Crippen LogP contribution < -0.4 is 5.73 Å². The van der Waals surface area contributed by atoms with E-state index in [1.54, 1.807) is 12.1 Å². The molecule has 0 spiro atoms. The maximum Gasteiger partial charge on any atom is 0.123 e. The highest BCUT2D eigenvalue weighted by molar-refractivity contribution is 9.10. The summed E-state index contributed by atoms with van der Waals surface area (Å²) < 4.78 is 14.4. The minimum absolute atomic E-state index is 0.0747. The highest BCUT2D eigenvalue weighted by Crippen LogP contribution is 2.35. The van der Waals surface area contributed by atoms with Crippen molar-refractivity contribution in [3.8, 4) is 0 Å². The normalized spacial score (nSPS) is 17.2. The fraction of sp³-hybridized carbons (Fsp3) is 0.600. The fourth-order valence-electron chi connectivity index (χ4n) is 2.51. The van der Waals surface area contributed by atoms with E-state index in [-0.39, 0.29) is 11.9 Å². The van der Waals surface area contributed by atoms with Crippen LogP contribution in [-0.4, -0.2) is 24.0 Å². The molecule has 0 radical (unpaired) electrons. The summed E-state index contributed by atoms with van der Waals surface area (Å²) >= 11 is 3.52. The number of benzene rings is 1. The first-order chi connectivity index (χ1) is 9.02. The van der Waals surface area contributed by atoms with Crippen LogP contribution in [0, 0.1) is 11.7 Å². The van der Waals surface area contributed by atoms with Gasteiger partial charge < -0.3 is 5.73 Å². The molecule has 1 aliphatic rings. The first-order valence-electron chi connectivity index (χ1n) is 6.93. The molecule has 106 valence electrons. The standard InChI is InChI=1S/C15H22BrFN2/c1-10(2)19(9-11-3-4-11)15(8-18)13-7-12(17)5-6-14(13)16/h5-7,10-11,15H,3-4,8-9,18H2,1-2H3. The largest absolute Gasteiger partial charge is 0.329 e. The third kappa shape index (κ3) is 3.77. The highest BCUT2D eigenvalue weighted by Gasteiger charge is 2.30. The van der Waals surface area contributed by atoms with Crippen molar-refractivity contribution in [2.24, 2.45) is 11.7 Å². The molecule has 0 heterocycles. The third-order valence-electron chi connectivity index (χ3n) is 3.77. The number of hydrogen-bond donors (Lipinski definition) is 1. The molecule has 0 amide bonds. The third-order valence-corrected chi connectivity index (χ3v) is 4.49. The quantitative estimate of drug-likeness (QED) is 0.862. The van der Waals surface area contributed by atoms with Crippen molar-refractivity contribution >= 4 is 15.9 Å². The van der Waals surface area contributed by atoms with Crippen LogP contribution in [0.1, 0.15) is 38.3 Å². The molecule has 2 nitrogen and oxygen atoms in total. The highest BCUT2D eigenvalue weighted by atomic mass is 79.9. The average molecular weight is 329 g/mol. The van der Waals surface area contributed by atoms with E-state index >= 15 is 0 Å². The Morgan fingerprint density at radius 3 is 2.63 bits per heavy atom. The summed E-state index contributed by atoms with van der Waals surface area (Å²) in [6.07, 6.45) is 2.62. The number of nitrogens with zero attached hydrogens (tertiary/aromatic N) is 1. The van der Waals surface area contributed by atoms with Gasteiger partial charge in [0, 0.05) is 29.6 Å². The summed E-state index contributed by atoms with van der Waals surface area (Å²) in [5, 5.41) is 0. The number of halogens is 2. The van der Waals surface area contributed by atoms with Gasteiger partial charge in [0.15, 0.2) is 0 Å². The van der Waals surface area contributed by atoms with Crippen LogP contribution in [0.15, 0.2) is 22.7 Å². The second kappa shape index (κ2) is 6.33. The summed E-state index contributed by atoms with van der Waals surface area (Å²) in [6, 6.07) is 5.32. The fourth-order valence-corrected chi connectivity index (χ4v) is 3.02. The van der Waals surface area contributed by atoms with Crippen molar-refractivity contribution in [1.82, 2.24) is 4.90 Å². The molecular formula is C15H22BrFN2. The summed E-state index contributed by atoms with van der Waals surface area (Å²) in [5.74, 6) is 0.593. The predicted octanol–water partition coefficient (Wildman–Crippen LogP) is 3.71. The lowest BCUT2D eigenvalue weighted by molar-refractivity contribution is 0.149. The first kappa shape index (κ1) is 14.9. The van der Waals surface area contributed by atoms with Crippen LogP contribution in [-0.2, 0) is 0 Å². The Labute approximate surface area is 123 Å². The molecule has 0 aromatic heterocycles. The molecule has 0 saturated heterocycles. The van der Waals surface area contributed by atoms with Gasteiger partial charge in [0.25, 0.3) is 0 Å². The molecular weight excluding hydrogens is 307 g/mol. The number of rotatable bonds is 6. The molecule has 1 saturated carbocycles. The minimum atomic E-state index is -0.202. The van der Waals surface area contributed by atoms with Crippen molar-refractivity contribution < 1.29 is 4.39 Å². The zero-order valence-corrected chi connectivity index (χ0v) is 13.2. The van der Waals surface area contributed by atoms with Gasteiger partial charge in [0.1, 0.15) is 5.82 Å². The summed E-state index contributed by atoms with van der Waals surface area (Å²) in [7, 11) is 0. The van der Waals surface area contributed by atoms with Crippen LogP contribution in [0.25, 0.3) is 0 Å². The van der Waals surface area contributed by atoms with Gasteiger partial charge in [0.2, 0.25) is 0 Å². The van der Waals surface area contributed by atoms with Gasteiger partial charge in [-0.15, -0.1) is 0 Å². The van der Waals surface area contributed by atoms with Gasteiger partial charge in [-0.1, -0.05) is 15.9 Å². The average Bonchev–Trinajstić information content (AvgIpc) is 3.17. The maximum absolute atomic E-state index is 13.5. The number of nitrogens with two attached hydrogens (primary N) is 1. The van der Waals surface area contributed by atoms with Gasteiger partial charge in [-0.2, -0.15) is 0 Å². The maximum atomic E-state index is 13.5. The van der Waals surface area contributed by atoms with Crippen LogP contribution in [0.5, 0.6) is 0 Å². The Kier molecular flexibility index (Phi) is 4.98. The Balaban J connectivity index is 2.26.